The number of anilines is 2. The fourth-order valence-corrected chi connectivity index (χ4v) is 2.25. The quantitative estimate of drug-likeness (QED) is 0.455. The van der Waals surface area contributed by atoms with Gasteiger partial charge in [-0.1, -0.05) is 54.6 Å². The van der Waals surface area contributed by atoms with Crippen LogP contribution in [0.25, 0.3) is 0 Å². The molecule has 140 valence electrons. The SMILES string of the molecule is NC(=Nc1ccccc1)N(c1ccccc1)c1ccccc1.[O]=[Cr](=[O])([OH])[OH]. The van der Waals surface area contributed by atoms with Crippen molar-refractivity contribution < 1.29 is 29.5 Å². The number of para-hydroxylation sites is 3. The zero-order chi connectivity index (χ0) is 19.7. The average Bonchev–Trinajstić information content (AvgIpc) is 2.63. The van der Waals surface area contributed by atoms with Crippen molar-refractivity contribution in [1.29, 1.82) is 0 Å². The number of aliphatic imine (C=N–C) groups is 1. The van der Waals surface area contributed by atoms with Crippen LogP contribution in [0, 0.1) is 0 Å². The molecule has 27 heavy (non-hydrogen) atoms. The summed E-state index contributed by atoms with van der Waals surface area (Å²) in [5.74, 6) is 0.434. The number of hydrogen-bond acceptors (Lipinski definition) is 3. The van der Waals surface area contributed by atoms with Crippen LogP contribution in [0.3, 0.4) is 0 Å². The van der Waals surface area contributed by atoms with E-state index in [1.165, 1.54) is 0 Å². The number of nitrogens with zero attached hydrogens (tertiary/aromatic N) is 2. The maximum atomic E-state index is 8.82. The molecule has 0 fully saturated rings. The van der Waals surface area contributed by atoms with E-state index in [1.54, 1.807) is 0 Å². The second kappa shape index (κ2) is 9.62. The first-order valence-corrected chi connectivity index (χ1v) is 10.0. The summed E-state index contributed by atoms with van der Waals surface area (Å²) < 4.78 is 31.9. The van der Waals surface area contributed by atoms with Crippen molar-refractivity contribution in [2.75, 3.05) is 4.90 Å². The van der Waals surface area contributed by atoms with Gasteiger partial charge >= 0.3 is 29.5 Å². The third-order valence-electron chi connectivity index (χ3n) is 3.26. The van der Waals surface area contributed by atoms with Gasteiger partial charge in [0.15, 0.2) is 0 Å². The van der Waals surface area contributed by atoms with Gasteiger partial charge in [-0.15, -0.1) is 0 Å². The molecule has 0 atom stereocenters. The fraction of sp³-hybridized carbons (Fsp3) is 0. The minimum atomic E-state index is -5.25. The van der Waals surface area contributed by atoms with Crippen molar-refractivity contribution in [2.45, 2.75) is 0 Å². The van der Waals surface area contributed by atoms with Crippen LogP contribution in [-0.4, -0.2) is 14.3 Å². The van der Waals surface area contributed by atoms with Crippen molar-refractivity contribution >= 4 is 23.0 Å². The molecule has 0 aliphatic carbocycles. The molecule has 0 saturated heterocycles. The fourth-order valence-electron chi connectivity index (χ4n) is 2.25. The summed E-state index contributed by atoms with van der Waals surface area (Å²) in [4.78, 5) is 6.47. The van der Waals surface area contributed by atoms with Gasteiger partial charge < -0.3 is 5.73 Å². The number of rotatable bonds is 3. The van der Waals surface area contributed by atoms with Crippen LogP contribution in [0.15, 0.2) is 96.0 Å². The van der Waals surface area contributed by atoms with Crippen LogP contribution < -0.4 is 10.6 Å². The van der Waals surface area contributed by atoms with Gasteiger partial charge in [-0.2, -0.15) is 0 Å². The molecule has 0 unspecified atom stereocenters. The second-order valence-corrected chi connectivity index (χ2v) is 6.66. The van der Waals surface area contributed by atoms with Gasteiger partial charge in [0.2, 0.25) is 5.96 Å². The Hall–Kier alpha value is -3.02. The topological polar surface area (TPSA) is 116 Å². The molecular formula is C19H19CrN3O4. The van der Waals surface area contributed by atoms with Gasteiger partial charge in [-0.3, -0.25) is 4.90 Å². The first-order chi connectivity index (χ1) is 12.8. The zero-order valence-corrected chi connectivity index (χ0v) is 15.5. The van der Waals surface area contributed by atoms with Crippen molar-refractivity contribution in [1.82, 2.24) is 0 Å². The summed E-state index contributed by atoms with van der Waals surface area (Å²) in [5.41, 5.74) is 9.08. The Kier molecular flexibility index (Phi) is 7.23. The van der Waals surface area contributed by atoms with Gasteiger partial charge in [0.1, 0.15) is 0 Å². The molecule has 8 heteroatoms. The monoisotopic (exact) mass is 405 g/mol. The molecule has 0 aliphatic rings. The Morgan fingerprint density at radius 1 is 0.741 bits per heavy atom. The molecule has 0 aliphatic heterocycles. The van der Waals surface area contributed by atoms with E-state index >= 15 is 0 Å². The summed E-state index contributed by atoms with van der Waals surface area (Å²) >= 11 is -5.25. The number of hydrogen-bond donors (Lipinski definition) is 3. The van der Waals surface area contributed by atoms with Crippen LogP contribution in [-0.2, 0) is 21.2 Å². The second-order valence-electron chi connectivity index (χ2n) is 5.26. The summed E-state index contributed by atoms with van der Waals surface area (Å²) in [7, 11) is 0. The van der Waals surface area contributed by atoms with Crippen LogP contribution in [0.5, 0.6) is 0 Å². The van der Waals surface area contributed by atoms with Crippen LogP contribution in [0.1, 0.15) is 0 Å². The maximum absolute atomic E-state index is 8.82. The van der Waals surface area contributed by atoms with E-state index in [0.29, 0.717) is 5.96 Å². The van der Waals surface area contributed by atoms with Crippen molar-refractivity contribution in [3.8, 4) is 0 Å². The van der Waals surface area contributed by atoms with E-state index in [2.05, 4.69) is 4.99 Å². The molecular weight excluding hydrogens is 386 g/mol. The summed E-state index contributed by atoms with van der Waals surface area (Å²) in [5, 5.41) is 0. The van der Waals surface area contributed by atoms with E-state index in [-0.39, 0.29) is 0 Å². The molecule has 4 N–H and O–H groups in total. The summed E-state index contributed by atoms with van der Waals surface area (Å²) in [6, 6.07) is 29.7. The molecule has 3 aromatic carbocycles. The molecule has 0 heterocycles. The van der Waals surface area contributed by atoms with Gasteiger partial charge in [0.05, 0.1) is 5.69 Å². The van der Waals surface area contributed by atoms with E-state index in [4.69, 9.17) is 21.7 Å². The standard InChI is InChI=1S/C19H17N3.Cr.2H2O.2O/c20-19(21-16-10-4-1-5-11-16)22(17-12-6-2-7-13-17)18-14-8-3-9-15-18;;;;;/h1-15H,(H2,20,21);;2*1H2;;/q;+2;;;;/p-2. The molecule has 7 nitrogen and oxygen atoms in total. The Bertz CT molecular complexity index is 916. The van der Waals surface area contributed by atoms with Gasteiger partial charge in [-0.05, 0) is 36.4 Å². The zero-order valence-electron chi connectivity index (χ0n) is 14.3. The first kappa shape index (κ1) is 20.3. The predicted molar refractivity (Wildman–Crippen MR) is 98.6 cm³/mol. The predicted octanol–water partition coefficient (Wildman–Crippen LogP) is 3.12. The van der Waals surface area contributed by atoms with E-state index in [9.17, 15) is 0 Å². The Balaban J connectivity index is 0.000000465. The number of nitrogens with two attached hydrogens (primary N) is 1. The summed E-state index contributed by atoms with van der Waals surface area (Å²) in [6.45, 7) is 0. The van der Waals surface area contributed by atoms with Crippen LogP contribution in [0.2, 0.25) is 0 Å². The van der Waals surface area contributed by atoms with E-state index < -0.39 is 13.6 Å². The Morgan fingerprint density at radius 3 is 1.44 bits per heavy atom. The Morgan fingerprint density at radius 2 is 1.07 bits per heavy atom. The van der Waals surface area contributed by atoms with Gasteiger partial charge in [0.25, 0.3) is 0 Å². The van der Waals surface area contributed by atoms with E-state index in [1.807, 2.05) is 95.9 Å². The number of guanidine groups is 1. The third kappa shape index (κ3) is 7.40. The first-order valence-electron chi connectivity index (χ1n) is 7.84. The van der Waals surface area contributed by atoms with Crippen molar-refractivity contribution in [3.63, 3.8) is 0 Å². The third-order valence-corrected chi connectivity index (χ3v) is 3.26. The molecule has 0 saturated carbocycles. The van der Waals surface area contributed by atoms with E-state index in [0.717, 1.165) is 17.1 Å². The molecule has 0 radical (unpaired) electrons. The molecule has 0 spiro atoms. The molecule has 3 rings (SSSR count). The molecule has 0 bridgehead atoms. The van der Waals surface area contributed by atoms with Gasteiger partial charge in [0, 0.05) is 11.4 Å². The number of benzene rings is 3. The molecule has 3 aromatic rings. The van der Waals surface area contributed by atoms with Crippen molar-refractivity contribution in [3.05, 3.63) is 91.0 Å². The average molecular weight is 405 g/mol. The summed E-state index contributed by atoms with van der Waals surface area (Å²) in [6.07, 6.45) is 0. The van der Waals surface area contributed by atoms with Gasteiger partial charge in [-0.25, -0.2) is 4.99 Å². The normalized spacial score (nSPS) is 11.3. The molecule has 0 aromatic heterocycles. The Labute approximate surface area is 159 Å². The minimum absolute atomic E-state index is 0.434. The van der Waals surface area contributed by atoms with Crippen LogP contribution >= 0.6 is 0 Å². The molecule has 0 amide bonds. The van der Waals surface area contributed by atoms with Crippen LogP contribution in [0.4, 0.5) is 17.1 Å². The van der Waals surface area contributed by atoms with Crippen molar-refractivity contribution in [2.24, 2.45) is 10.7 Å².